The van der Waals surface area contributed by atoms with E-state index in [9.17, 15) is 8.42 Å². The van der Waals surface area contributed by atoms with Gasteiger partial charge in [-0.1, -0.05) is 11.6 Å². The Morgan fingerprint density at radius 2 is 2.05 bits per heavy atom. The third-order valence-electron chi connectivity index (χ3n) is 2.95. The van der Waals surface area contributed by atoms with Crippen molar-refractivity contribution in [2.45, 2.75) is 31.7 Å². The highest BCUT2D eigenvalue weighted by atomic mass is 35.5. The van der Waals surface area contributed by atoms with Crippen molar-refractivity contribution in [2.24, 2.45) is 0 Å². The van der Waals surface area contributed by atoms with Gasteiger partial charge in [0.2, 0.25) is 10.0 Å². The molecule has 0 bridgehead atoms. The van der Waals surface area contributed by atoms with Crippen molar-refractivity contribution in [3.63, 3.8) is 0 Å². The van der Waals surface area contributed by atoms with Crippen LogP contribution in [0.1, 0.15) is 29.2 Å². The largest absolute Gasteiger partial charge is 0.398 e. The Morgan fingerprint density at radius 1 is 1.38 bits per heavy atom. The first-order valence-electron chi connectivity index (χ1n) is 6.20. The van der Waals surface area contributed by atoms with Gasteiger partial charge < -0.3 is 5.73 Å². The normalized spacial score (nSPS) is 13.3. The van der Waals surface area contributed by atoms with Gasteiger partial charge in [0.25, 0.3) is 0 Å². The SMILES string of the molecule is Cc1csc(C(C)NS(=O)(=O)c2cc(N)c(C)cc2Cl)n1. The van der Waals surface area contributed by atoms with E-state index >= 15 is 0 Å². The molecule has 0 spiro atoms. The molecule has 1 unspecified atom stereocenters. The number of aromatic nitrogens is 1. The minimum absolute atomic E-state index is 0.0209. The van der Waals surface area contributed by atoms with Crippen LogP contribution in [-0.4, -0.2) is 13.4 Å². The van der Waals surface area contributed by atoms with Crippen molar-refractivity contribution < 1.29 is 8.42 Å². The minimum Gasteiger partial charge on any atom is -0.398 e. The van der Waals surface area contributed by atoms with E-state index < -0.39 is 16.1 Å². The fourth-order valence-electron chi connectivity index (χ4n) is 1.79. The number of halogens is 1. The van der Waals surface area contributed by atoms with Crippen LogP contribution in [-0.2, 0) is 10.0 Å². The Kier molecular flexibility index (Phi) is 4.57. The van der Waals surface area contributed by atoms with E-state index in [-0.39, 0.29) is 9.92 Å². The molecule has 0 saturated carbocycles. The maximum absolute atomic E-state index is 12.4. The topological polar surface area (TPSA) is 85.1 Å². The molecule has 0 saturated heterocycles. The first-order chi connectivity index (χ1) is 9.70. The summed E-state index contributed by atoms with van der Waals surface area (Å²) in [5.74, 6) is 0. The first-order valence-corrected chi connectivity index (χ1v) is 8.95. The van der Waals surface area contributed by atoms with Crippen molar-refractivity contribution in [3.8, 4) is 0 Å². The number of hydrogen-bond donors (Lipinski definition) is 2. The summed E-state index contributed by atoms with van der Waals surface area (Å²) in [7, 11) is -3.76. The van der Waals surface area contributed by atoms with Crippen molar-refractivity contribution in [2.75, 3.05) is 5.73 Å². The molecule has 21 heavy (non-hydrogen) atoms. The van der Waals surface area contributed by atoms with Gasteiger partial charge in [-0.2, -0.15) is 0 Å². The van der Waals surface area contributed by atoms with Crippen molar-refractivity contribution in [3.05, 3.63) is 38.8 Å². The second-order valence-electron chi connectivity index (χ2n) is 4.81. The van der Waals surface area contributed by atoms with Crippen molar-refractivity contribution in [1.29, 1.82) is 0 Å². The molecule has 114 valence electrons. The Labute approximate surface area is 133 Å². The molecule has 0 aliphatic carbocycles. The van der Waals surface area contributed by atoms with E-state index in [2.05, 4.69) is 9.71 Å². The quantitative estimate of drug-likeness (QED) is 0.834. The third kappa shape index (κ3) is 3.55. The molecule has 5 nitrogen and oxygen atoms in total. The molecule has 2 aromatic rings. The molecule has 0 radical (unpaired) electrons. The van der Waals surface area contributed by atoms with Gasteiger partial charge >= 0.3 is 0 Å². The molecular weight excluding hydrogens is 330 g/mol. The summed E-state index contributed by atoms with van der Waals surface area (Å²) in [6.07, 6.45) is 0. The fourth-order valence-corrected chi connectivity index (χ4v) is 4.50. The van der Waals surface area contributed by atoms with Crippen LogP contribution in [0.3, 0.4) is 0 Å². The maximum atomic E-state index is 12.4. The Bertz CT molecular complexity index is 772. The molecule has 0 aliphatic heterocycles. The number of hydrogen-bond acceptors (Lipinski definition) is 5. The zero-order valence-corrected chi connectivity index (χ0v) is 14.2. The zero-order valence-electron chi connectivity index (χ0n) is 11.8. The molecule has 1 aromatic carbocycles. The number of nitrogens with two attached hydrogens (primary N) is 1. The summed E-state index contributed by atoms with van der Waals surface area (Å²) in [5, 5.41) is 2.72. The van der Waals surface area contributed by atoms with Gasteiger partial charge in [0, 0.05) is 16.8 Å². The summed E-state index contributed by atoms with van der Waals surface area (Å²) >= 11 is 7.44. The highest BCUT2D eigenvalue weighted by molar-refractivity contribution is 7.89. The fraction of sp³-hybridized carbons (Fsp3) is 0.308. The second kappa shape index (κ2) is 5.92. The number of nitrogen functional groups attached to an aromatic ring is 1. The van der Waals surface area contributed by atoms with Crippen LogP contribution in [0.15, 0.2) is 22.4 Å². The Morgan fingerprint density at radius 3 is 2.62 bits per heavy atom. The molecule has 1 atom stereocenters. The van der Waals surface area contributed by atoms with Gasteiger partial charge in [-0.3, -0.25) is 0 Å². The minimum atomic E-state index is -3.76. The summed E-state index contributed by atoms with van der Waals surface area (Å²) in [5.41, 5.74) is 7.76. The average Bonchev–Trinajstić information content (AvgIpc) is 2.80. The number of nitrogens with one attached hydrogen (secondary N) is 1. The number of anilines is 1. The molecule has 0 amide bonds. The van der Waals surface area contributed by atoms with E-state index in [1.165, 1.54) is 17.4 Å². The third-order valence-corrected chi connectivity index (χ3v) is 6.10. The van der Waals surface area contributed by atoms with Crippen molar-refractivity contribution in [1.82, 2.24) is 9.71 Å². The Balaban J connectivity index is 2.32. The lowest BCUT2D eigenvalue weighted by atomic mass is 10.2. The van der Waals surface area contributed by atoms with Gasteiger partial charge in [0.15, 0.2) is 0 Å². The molecule has 3 N–H and O–H groups in total. The van der Waals surface area contributed by atoms with Gasteiger partial charge in [-0.15, -0.1) is 11.3 Å². The van der Waals surface area contributed by atoms with Crippen molar-refractivity contribution >= 4 is 38.6 Å². The number of nitrogens with zero attached hydrogens (tertiary/aromatic N) is 1. The first kappa shape index (κ1) is 16.2. The molecule has 0 fully saturated rings. The molecule has 8 heteroatoms. The Hall–Kier alpha value is -1.15. The van der Waals surface area contributed by atoms with Crippen LogP contribution in [0, 0.1) is 13.8 Å². The number of aryl methyl sites for hydroxylation is 2. The zero-order chi connectivity index (χ0) is 15.8. The summed E-state index contributed by atoms with van der Waals surface area (Å²) in [6.45, 7) is 5.37. The molecule has 1 aromatic heterocycles. The van der Waals surface area contributed by atoms with E-state index in [4.69, 9.17) is 17.3 Å². The smallest absolute Gasteiger partial charge is 0.242 e. The monoisotopic (exact) mass is 345 g/mol. The molecular formula is C13H16ClN3O2S2. The predicted molar refractivity (Wildman–Crippen MR) is 86.2 cm³/mol. The average molecular weight is 346 g/mol. The molecule has 2 rings (SSSR count). The van der Waals surface area contributed by atoms with Gasteiger partial charge in [-0.05, 0) is 38.5 Å². The lowest BCUT2D eigenvalue weighted by molar-refractivity contribution is 0.566. The van der Waals surface area contributed by atoms with Crippen LogP contribution in [0.5, 0.6) is 0 Å². The number of sulfonamides is 1. The lowest BCUT2D eigenvalue weighted by Crippen LogP contribution is -2.27. The number of benzene rings is 1. The van der Waals surface area contributed by atoms with Crippen LogP contribution in [0.25, 0.3) is 0 Å². The summed E-state index contributed by atoms with van der Waals surface area (Å²) in [4.78, 5) is 4.26. The molecule has 0 aliphatic rings. The highest BCUT2D eigenvalue weighted by Gasteiger charge is 2.23. The van der Waals surface area contributed by atoms with Gasteiger partial charge in [-0.25, -0.2) is 18.1 Å². The van der Waals surface area contributed by atoms with E-state index in [0.29, 0.717) is 10.7 Å². The predicted octanol–water partition coefficient (Wildman–Crippen LogP) is 3.04. The van der Waals surface area contributed by atoms with Crippen LogP contribution >= 0.6 is 22.9 Å². The summed E-state index contributed by atoms with van der Waals surface area (Å²) < 4.78 is 27.4. The molecule has 1 heterocycles. The van der Waals surface area contributed by atoms with Crippen LogP contribution in [0.4, 0.5) is 5.69 Å². The van der Waals surface area contributed by atoms with E-state index in [1.807, 2.05) is 12.3 Å². The van der Waals surface area contributed by atoms with Gasteiger partial charge in [0.1, 0.15) is 9.90 Å². The highest BCUT2D eigenvalue weighted by Crippen LogP contribution is 2.28. The number of rotatable bonds is 4. The summed E-state index contributed by atoms with van der Waals surface area (Å²) in [6, 6.07) is 2.48. The van der Waals surface area contributed by atoms with Crippen LogP contribution < -0.4 is 10.5 Å². The number of thiazole rings is 1. The van der Waals surface area contributed by atoms with E-state index in [0.717, 1.165) is 11.3 Å². The lowest BCUT2D eigenvalue weighted by Gasteiger charge is -2.14. The maximum Gasteiger partial charge on any atom is 0.242 e. The van der Waals surface area contributed by atoms with Crippen LogP contribution in [0.2, 0.25) is 5.02 Å². The second-order valence-corrected chi connectivity index (χ2v) is 7.79. The standard InChI is InChI=1S/C13H16ClN3O2S2/c1-7-4-10(14)12(5-11(7)15)21(18,19)17-9(3)13-16-8(2)6-20-13/h4-6,9,17H,15H2,1-3H3. The van der Waals surface area contributed by atoms with E-state index in [1.54, 1.807) is 19.9 Å². The van der Waals surface area contributed by atoms with Gasteiger partial charge in [0.05, 0.1) is 11.1 Å².